The van der Waals surface area contributed by atoms with Gasteiger partial charge in [0.25, 0.3) is 10.1 Å². The predicted octanol–water partition coefficient (Wildman–Crippen LogP) is 9.19. The lowest BCUT2D eigenvalue weighted by Crippen LogP contribution is -2.54. The van der Waals surface area contributed by atoms with Crippen LogP contribution in [0.15, 0.2) is 29.2 Å². The van der Waals surface area contributed by atoms with Crippen molar-refractivity contribution in [1.29, 1.82) is 0 Å². The monoisotopic (exact) mass is 542 g/mol. The molecule has 4 saturated carbocycles. The molecule has 9 atom stereocenters. The molecule has 0 heterocycles. The summed E-state index contributed by atoms with van der Waals surface area (Å²) in [5.74, 6) is 5.75. The van der Waals surface area contributed by atoms with Crippen molar-refractivity contribution in [3.05, 3.63) is 29.8 Å². The van der Waals surface area contributed by atoms with Crippen molar-refractivity contribution in [3.8, 4) is 0 Å². The Morgan fingerprint density at radius 2 is 1.55 bits per heavy atom. The molecule has 4 fully saturated rings. The summed E-state index contributed by atoms with van der Waals surface area (Å²) in [5, 5.41) is 0. The lowest BCUT2D eigenvalue weighted by molar-refractivity contribution is -0.126. The van der Waals surface area contributed by atoms with Gasteiger partial charge in [0.2, 0.25) is 0 Å². The van der Waals surface area contributed by atoms with Crippen molar-refractivity contribution in [2.75, 3.05) is 0 Å². The largest absolute Gasteiger partial charge is 0.297 e. The molecule has 0 aromatic heterocycles. The van der Waals surface area contributed by atoms with Crippen LogP contribution in [0.3, 0.4) is 0 Å². The second-order valence-electron chi connectivity index (χ2n) is 14.9. The van der Waals surface area contributed by atoms with Gasteiger partial charge in [-0.05, 0) is 129 Å². The minimum atomic E-state index is -3.70. The number of hydrogen-bond acceptors (Lipinski definition) is 3. The molecule has 0 radical (unpaired) electrons. The van der Waals surface area contributed by atoms with Crippen LogP contribution in [0.5, 0.6) is 0 Å². The summed E-state index contributed by atoms with van der Waals surface area (Å²) in [5.41, 5.74) is 1.94. The molecule has 1 aromatic rings. The van der Waals surface area contributed by atoms with Crippen molar-refractivity contribution >= 4 is 10.1 Å². The molecule has 4 aliphatic rings. The van der Waals surface area contributed by atoms with Crippen LogP contribution in [0.2, 0.25) is 0 Å². The maximum absolute atomic E-state index is 13.0. The first-order chi connectivity index (χ1) is 17.9. The number of rotatable bonds is 8. The Kier molecular flexibility index (Phi) is 8.17. The van der Waals surface area contributed by atoms with Gasteiger partial charge in [0.15, 0.2) is 0 Å². The first kappa shape index (κ1) is 28.7. The van der Waals surface area contributed by atoms with E-state index in [4.69, 9.17) is 4.18 Å². The third kappa shape index (κ3) is 5.27. The minimum absolute atomic E-state index is 0.174. The Labute approximate surface area is 234 Å². The van der Waals surface area contributed by atoms with Crippen LogP contribution in [-0.2, 0) is 14.3 Å². The molecule has 3 nitrogen and oxygen atoms in total. The molecule has 5 rings (SSSR count). The highest BCUT2D eigenvalue weighted by molar-refractivity contribution is 7.86. The summed E-state index contributed by atoms with van der Waals surface area (Å²) in [6, 6.07) is 7.07. The molecule has 38 heavy (non-hydrogen) atoms. The first-order valence-corrected chi connectivity index (χ1v) is 17.3. The van der Waals surface area contributed by atoms with E-state index in [0.717, 1.165) is 60.3 Å². The van der Waals surface area contributed by atoms with E-state index in [-0.39, 0.29) is 6.10 Å². The zero-order valence-corrected chi connectivity index (χ0v) is 25.9. The minimum Gasteiger partial charge on any atom is -0.263 e. The summed E-state index contributed by atoms with van der Waals surface area (Å²) in [6.45, 7) is 14.5. The zero-order chi connectivity index (χ0) is 27.3. The molecule has 0 saturated heterocycles. The van der Waals surface area contributed by atoms with Gasteiger partial charge in [-0.25, -0.2) is 0 Å². The van der Waals surface area contributed by atoms with Gasteiger partial charge in [-0.3, -0.25) is 4.18 Å². The number of hydrogen-bond donors (Lipinski definition) is 0. The predicted molar refractivity (Wildman–Crippen MR) is 156 cm³/mol. The Morgan fingerprint density at radius 3 is 2.26 bits per heavy atom. The summed E-state index contributed by atoms with van der Waals surface area (Å²) >= 11 is 0. The number of fused-ring (bicyclic) bond motifs is 5. The fourth-order valence-corrected chi connectivity index (χ4v) is 11.4. The maximum atomic E-state index is 13.0. The van der Waals surface area contributed by atoms with Gasteiger partial charge in [-0.2, -0.15) is 8.42 Å². The van der Waals surface area contributed by atoms with Gasteiger partial charge in [-0.1, -0.05) is 71.6 Å². The molecule has 0 amide bonds. The highest BCUT2D eigenvalue weighted by Gasteiger charge is 2.60. The highest BCUT2D eigenvalue weighted by Crippen LogP contribution is 2.68. The first-order valence-electron chi connectivity index (χ1n) is 15.9. The molecule has 214 valence electrons. The third-order valence-corrected chi connectivity index (χ3v) is 13.8. The third-order valence-electron chi connectivity index (χ3n) is 12.4. The molecular weight excluding hydrogens is 488 g/mol. The molecule has 0 spiro atoms. The smallest absolute Gasteiger partial charge is 0.263 e. The van der Waals surface area contributed by atoms with Crippen molar-refractivity contribution in [2.45, 2.75) is 130 Å². The highest BCUT2D eigenvalue weighted by atomic mass is 32.2. The van der Waals surface area contributed by atoms with Crippen molar-refractivity contribution in [2.24, 2.45) is 52.3 Å². The van der Waals surface area contributed by atoms with E-state index in [1.165, 1.54) is 57.8 Å². The Balaban J connectivity index is 1.24. The van der Waals surface area contributed by atoms with Crippen LogP contribution in [-0.4, -0.2) is 14.5 Å². The van der Waals surface area contributed by atoms with Crippen LogP contribution in [0.1, 0.15) is 117 Å². The van der Waals surface area contributed by atoms with Crippen LogP contribution in [0.4, 0.5) is 0 Å². The molecular formula is C34H54O3S. The van der Waals surface area contributed by atoms with Gasteiger partial charge in [0.05, 0.1) is 11.0 Å². The Bertz CT molecular complexity index is 1060. The van der Waals surface area contributed by atoms with E-state index in [1.54, 1.807) is 12.1 Å². The molecule has 4 aliphatic carbocycles. The normalized spacial score (nSPS) is 39.9. The zero-order valence-electron chi connectivity index (χ0n) is 25.0. The van der Waals surface area contributed by atoms with E-state index in [9.17, 15) is 8.42 Å². The Morgan fingerprint density at radius 1 is 0.868 bits per heavy atom. The van der Waals surface area contributed by atoms with E-state index < -0.39 is 10.1 Å². The average Bonchev–Trinajstić information content (AvgIpc) is 3.21. The maximum Gasteiger partial charge on any atom is 0.297 e. The molecule has 0 aliphatic heterocycles. The summed E-state index contributed by atoms with van der Waals surface area (Å²) in [7, 11) is -3.70. The fraction of sp³-hybridized carbons (Fsp3) is 0.824. The second kappa shape index (κ2) is 10.8. The van der Waals surface area contributed by atoms with Crippen LogP contribution in [0.25, 0.3) is 0 Å². The standard InChI is InChI=1S/C34H54O3S/c1-23(2)8-7-9-25(4)30-16-17-31-29-15-12-26-22-27(37-38(35,36)28-13-10-24(3)11-14-28)18-20-33(26,5)32(29)19-21-34(30,31)6/h10-11,13-14,23,25-27,29-32H,7-9,12,15-22H2,1-6H3/t25-,26+,27-,29+,30+,31-,32-,33+,34+/m1/s1. The lowest BCUT2D eigenvalue weighted by atomic mass is 9.44. The van der Waals surface area contributed by atoms with Crippen LogP contribution in [0, 0.1) is 59.2 Å². The summed E-state index contributed by atoms with van der Waals surface area (Å²) in [6.07, 6.45) is 15.2. The van der Waals surface area contributed by atoms with Gasteiger partial charge in [0.1, 0.15) is 0 Å². The number of aryl methyl sites for hydroxylation is 1. The fourth-order valence-electron chi connectivity index (χ4n) is 10.3. The summed E-state index contributed by atoms with van der Waals surface area (Å²) < 4.78 is 31.9. The summed E-state index contributed by atoms with van der Waals surface area (Å²) in [4.78, 5) is 0.293. The lowest BCUT2D eigenvalue weighted by Gasteiger charge is -2.61. The number of benzene rings is 1. The van der Waals surface area contributed by atoms with Crippen LogP contribution < -0.4 is 0 Å². The quantitative estimate of drug-likeness (QED) is 0.308. The Hall–Kier alpha value is -0.870. The van der Waals surface area contributed by atoms with E-state index in [1.807, 2.05) is 19.1 Å². The van der Waals surface area contributed by atoms with Crippen molar-refractivity contribution in [3.63, 3.8) is 0 Å². The van der Waals surface area contributed by atoms with Gasteiger partial charge in [0, 0.05) is 0 Å². The van der Waals surface area contributed by atoms with Crippen molar-refractivity contribution < 1.29 is 12.6 Å². The molecule has 0 bridgehead atoms. The van der Waals surface area contributed by atoms with Crippen molar-refractivity contribution in [1.82, 2.24) is 0 Å². The van der Waals surface area contributed by atoms with Crippen LogP contribution >= 0.6 is 0 Å². The average molecular weight is 543 g/mol. The van der Waals surface area contributed by atoms with E-state index in [0.29, 0.717) is 21.6 Å². The topological polar surface area (TPSA) is 43.4 Å². The van der Waals surface area contributed by atoms with Gasteiger partial charge in [-0.15, -0.1) is 0 Å². The SMILES string of the molecule is Cc1ccc(S(=O)(=O)O[C@@H]2CC[C@@]3(C)[C@@H](CC[C@@H]4[C@H]3CC[C@]3(C)[C@@H]4CC[C@H]3[C@H](C)CCCC(C)C)C2)cc1. The van der Waals surface area contributed by atoms with Gasteiger partial charge >= 0.3 is 0 Å². The molecule has 0 N–H and O–H groups in total. The van der Waals surface area contributed by atoms with E-state index >= 15 is 0 Å². The van der Waals surface area contributed by atoms with E-state index in [2.05, 4.69) is 34.6 Å². The molecule has 1 aromatic carbocycles. The second-order valence-corrected chi connectivity index (χ2v) is 16.5. The molecule has 0 unspecified atom stereocenters. The molecule has 4 heteroatoms. The van der Waals surface area contributed by atoms with Gasteiger partial charge < -0.3 is 0 Å².